The monoisotopic (exact) mass is 382 g/mol. The van der Waals surface area contributed by atoms with E-state index in [0.717, 1.165) is 23.3 Å². The lowest BCUT2D eigenvalue weighted by Gasteiger charge is -2.37. The van der Waals surface area contributed by atoms with Gasteiger partial charge < -0.3 is 19.3 Å². The molecule has 2 aromatic carbocycles. The molecule has 1 fully saturated rings. The molecule has 1 aliphatic rings. The van der Waals surface area contributed by atoms with Crippen LogP contribution < -0.4 is 4.74 Å². The molecule has 1 saturated heterocycles. The summed E-state index contributed by atoms with van der Waals surface area (Å²) in [5.41, 5.74) is 1.98. The minimum absolute atomic E-state index is 0.117. The van der Waals surface area contributed by atoms with Crippen molar-refractivity contribution in [1.29, 1.82) is 0 Å². The number of methoxy groups -OCH3 is 1. The molecule has 0 bridgehead atoms. The van der Waals surface area contributed by atoms with Crippen LogP contribution >= 0.6 is 0 Å². The number of para-hydroxylation sites is 1. The van der Waals surface area contributed by atoms with Gasteiger partial charge in [0.1, 0.15) is 5.75 Å². The van der Waals surface area contributed by atoms with Crippen molar-refractivity contribution in [3.05, 3.63) is 77.9 Å². The maximum Gasteiger partial charge on any atom is 0.303 e. The third-order valence-electron chi connectivity index (χ3n) is 4.81. The zero-order chi connectivity index (χ0) is 19.8. The van der Waals surface area contributed by atoms with Gasteiger partial charge in [-0.3, -0.25) is 4.79 Å². The molecule has 1 aliphatic heterocycles. The van der Waals surface area contributed by atoms with Crippen molar-refractivity contribution in [1.82, 2.24) is 0 Å². The van der Waals surface area contributed by atoms with Crippen LogP contribution in [0, 0.1) is 5.92 Å². The first-order valence-corrected chi connectivity index (χ1v) is 9.50. The Hall–Kier alpha value is -2.63. The minimum Gasteiger partial charge on any atom is -0.496 e. The fourth-order valence-electron chi connectivity index (χ4n) is 3.39. The second-order valence-corrected chi connectivity index (χ2v) is 6.77. The summed E-state index contributed by atoms with van der Waals surface area (Å²) >= 11 is 0. The van der Waals surface area contributed by atoms with E-state index in [1.165, 1.54) is 0 Å². The highest BCUT2D eigenvalue weighted by molar-refractivity contribution is 5.66. The first-order chi connectivity index (χ1) is 13.7. The number of allylic oxidation sites excluding steroid dienone is 2. The van der Waals surface area contributed by atoms with E-state index < -0.39 is 12.3 Å². The normalized spacial score (nSPS) is 22.2. The lowest BCUT2D eigenvalue weighted by molar-refractivity contribution is -0.244. The fourth-order valence-corrected chi connectivity index (χ4v) is 3.39. The molecule has 5 heteroatoms. The van der Waals surface area contributed by atoms with Crippen LogP contribution in [0.25, 0.3) is 0 Å². The highest BCUT2D eigenvalue weighted by Gasteiger charge is 2.34. The summed E-state index contributed by atoms with van der Waals surface area (Å²) in [5.74, 6) is 0.108. The lowest BCUT2D eigenvalue weighted by atomic mass is 9.92. The Morgan fingerprint density at radius 3 is 2.64 bits per heavy atom. The number of hydrogen-bond acceptors (Lipinski definition) is 4. The third kappa shape index (κ3) is 5.21. The summed E-state index contributed by atoms with van der Waals surface area (Å²) in [4.78, 5) is 10.6. The van der Waals surface area contributed by atoms with Gasteiger partial charge in [-0.15, -0.1) is 0 Å². The molecule has 2 aromatic rings. The molecule has 28 heavy (non-hydrogen) atoms. The summed E-state index contributed by atoms with van der Waals surface area (Å²) < 4.78 is 17.9. The van der Waals surface area contributed by atoms with E-state index in [2.05, 4.69) is 12.1 Å². The van der Waals surface area contributed by atoms with Gasteiger partial charge in [0.05, 0.1) is 19.8 Å². The van der Waals surface area contributed by atoms with Gasteiger partial charge in [-0.2, -0.15) is 0 Å². The van der Waals surface area contributed by atoms with Gasteiger partial charge in [0.2, 0.25) is 0 Å². The van der Waals surface area contributed by atoms with Gasteiger partial charge in [-0.25, -0.2) is 0 Å². The smallest absolute Gasteiger partial charge is 0.303 e. The second-order valence-electron chi connectivity index (χ2n) is 6.77. The van der Waals surface area contributed by atoms with Gasteiger partial charge in [0.15, 0.2) is 6.29 Å². The fraction of sp³-hybridized carbons (Fsp3) is 0.348. The topological polar surface area (TPSA) is 65.0 Å². The van der Waals surface area contributed by atoms with E-state index in [1.54, 1.807) is 7.11 Å². The second kappa shape index (κ2) is 10.1. The molecular weight excluding hydrogens is 356 g/mol. The standard InChI is InChI=1S/C23H26O5/c1-26-20-14-9-8-13-19(20)23-27-16-18(12-6-3-7-15-21(24)25)22(28-23)17-10-4-2-5-11-17/h2-6,8-11,13-14,18,22-23H,7,12,15-16H2,1H3,(H,24,25)/b6-3-. The predicted octanol–water partition coefficient (Wildman–Crippen LogP) is 4.91. The summed E-state index contributed by atoms with van der Waals surface area (Å²) in [7, 11) is 1.64. The summed E-state index contributed by atoms with van der Waals surface area (Å²) in [6.07, 6.45) is 4.78. The number of hydrogen-bond donors (Lipinski definition) is 1. The number of carboxylic acids is 1. The Kier molecular flexibility index (Phi) is 7.23. The van der Waals surface area contributed by atoms with E-state index in [0.29, 0.717) is 13.0 Å². The molecular formula is C23H26O5. The molecule has 0 aliphatic carbocycles. The molecule has 3 unspecified atom stereocenters. The highest BCUT2D eigenvalue weighted by Crippen LogP contribution is 2.41. The van der Waals surface area contributed by atoms with Gasteiger partial charge >= 0.3 is 5.97 Å². The van der Waals surface area contributed by atoms with Gasteiger partial charge in [-0.1, -0.05) is 60.7 Å². The zero-order valence-electron chi connectivity index (χ0n) is 16.0. The van der Waals surface area contributed by atoms with Crippen molar-refractivity contribution >= 4 is 5.97 Å². The Morgan fingerprint density at radius 2 is 1.89 bits per heavy atom. The quantitative estimate of drug-likeness (QED) is 0.657. The number of ether oxygens (including phenoxy) is 3. The van der Waals surface area contributed by atoms with Gasteiger partial charge in [-0.05, 0) is 24.5 Å². The molecule has 0 amide bonds. The Morgan fingerprint density at radius 1 is 1.14 bits per heavy atom. The molecule has 1 N–H and O–H groups in total. The summed E-state index contributed by atoms with van der Waals surface area (Å²) in [6, 6.07) is 17.9. The van der Waals surface area contributed by atoms with Crippen LogP contribution in [0.1, 0.15) is 42.8 Å². The van der Waals surface area contributed by atoms with Crippen LogP contribution in [0.3, 0.4) is 0 Å². The third-order valence-corrected chi connectivity index (χ3v) is 4.81. The highest BCUT2D eigenvalue weighted by atomic mass is 16.7. The van der Waals surface area contributed by atoms with Crippen molar-refractivity contribution in [2.75, 3.05) is 13.7 Å². The molecule has 0 spiro atoms. The van der Waals surface area contributed by atoms with Crippen LogP contribution in [-0.4, -0.2) is 24.8 Å². The van der Waals surface area contributed by atoms with Crippen LogP contribution in [0.15, 0.2) is 66.7 Å². The van der Waals surface area contributed by atoms with Crippen molar-refractivity contribution < 1.29 is 24.1 Å². The Bertz CT molecular complexity index is 787. The zero-order valence-corrected chi connectivity index (χ0v) is 16.0. The van der Waals surface area contributed by atoms with E-state index >= 15 is 0 Å². The molecule has 148 valence electrons. The van der Waals surface area contributed by atoms with E-state index in [9.17, 15) is 4.79 Å². The SMILES string of the molecule is COc1ccccc1C1OCC(C/C=C\CCC(=O)O)C(c2ccccc2)O1. The molecule has 5 nitrogen and oxygen atoms in total. The van der Waals surface area contributed by atoms with Crippen LogP contribution in [0.5, 0.6) is 5.75 Å². The van der Waals surface area contributed by atoms with Crippen LogP contribution in [-0.2, 0) is 14.3 Å². The Balaban J connectivity index is 1.74. The molecule has 0 aromatic heterocycles. The largest absolute Gasteiger partial charge is 0.496 e. The maximum absolute atomic E-state index is 10.6. The first-order valence-electron chi connectivity index (χ1n) is 9.50. The molecule has 0 saturated carbocycles. The molecule has 1 heterocycles. The van der Waals surface area contributed by atoms with Gasteiger partial charge in [0.25, 0.3) is 0 Å². The lowest BCUT2D eigenvalue weighted by Crippen LogP contribution is -2.30. The first kappa shape index (κ1) is 20.1. The summed E-state index contributed by atoms with van der Waals surface area (Å²) in [5, 5.41) is 8.75. The summed E-state index contributed by atoms with van der Waals surface area (Å²) in [6.45, 7) is 0.547. The number of carboxylic acid groups (broad SMARTS) is 1. The van der Waals surface area contributed by atoms with E-state index in [-0.39, 0.29) is 18.4 Å². The van der Waals surface area contributed by atoms with E-state index in [1.807, 2.05) is 54.6 Å². The molecule has 3 rings (SSSR count). The predicted molar refractivity (Wildman–Crippen MR) is 106 cm³/mol. The minimum atomic E-state index is -0.782. The van der Waals surface area contributed by atoms with Crippen molar-refractivity contribution in [2.24, 2.45) is 5.92 Å². The van der Waals surface area contributed by atoms with Crippen molar-refractivity contribution in [2.45, 2.75) is 31.7 Å². The van der Waals surface area contributed by atoms with Gasteiger partial charge in [0, 0.05) is 17.9 Å². The Labute approximate surface area is 165 Å². The average molecular weight is 382 g/mol. The van der Waals surface area contributed by atoms with Crippen molar-refractivity contribution in [3.63, 3.8) is 0 Å². The number of carbonyl (C=O) groups is 1. The maximum atomic E-state index is 10.6. The van der Waals surface area contributed by atoms with Crippen LogP contribution in [0.4, 0.5) is 0 Å². The van der Waals surface area contributed by atoms with E-state index in [4.69, 9.17) is 19.3 Å². The molecule has 0 radical (unpaired) electrons. The number of aliphatic carboxylic acids is 1. The average Bonchev–Trinajstić information content (AvgIpc) is 2.74. The number of benzene rings is 2. The van der Waals surface area contributed by atoms with Crippen molar-refractivity contribution in [3.8, 4) is 5.75 Å². The molecule has 3 atom stereocenters. The number of rotatable bonds is 8. The van der Waals surface area contributed by atoms with Crippen LogP contribution in [0.2, 0.25) is 0 Å².